The number of halogens is 1. The Morgan fingerprint density at radius 1 is 1.18 bits per heavy atom. The quantitative estimate of drug-likeness (QED) is 0.688. The molecule has 0 aliphatic heterocycles. The maximum absolute atomic E-state index is 5.68. The van der Waals surface area contributed by atoms with Crippen molar-refractivity contribution < 1.29 is 9.47 Å². The summed E-state index contributed by atoms with van der Waals surface area (Å²) in [6.45, 7) is 2.89. The summed E-state index contributed by atoms with van der Waals surface area (Å²) >= 11 is 5.68. The Bertz CT molecular complexity index is 295. The van der Waals surface area contributed by atoms with E-state index >= 15 is 0 Å². The number of ether oxygens (including phenoxy) is 2. The van der Waals surface area contributed by atoms with Crippen molar-refractivity contribution in [3.8, 4) is 0 Å². The SMILES string of the molecule is COCCOCCCCNc1ncc(Cl)cn1. The molecule has 0 saturated heterocycles. The van der Waals surface area contributed by atoms with E-state index in [4.69, 9.17) is 21.1 Å². The van der Waals surface area contributed by atoms with Gasteiger partial charge in [-0.1, -0.05) is 11.6 Å². The van der Waals surface area contributed by atoms with Gasteiger partial charge in [0.25, 0.3) is 0 Å². The van der Waals surface area contributed by atoms with Crippen LogP contribution in [0.3, 0.4) is 0 Å². The molecule has 1 aromatic heterocycles. The molecule has 0 amide bonds. The summed E-state index contributed by atoms with van der Waals surface area (Å²) in [5, 5.41) is 3.66. The van der Waals surface area contributed by atoms with E-state index in [1.165, 1.54) is 0 Å². The first-order valence-electron chi connectivity index (χ1n) is 5.61. The predicted octanol–water partition coefficient (Wildman–Crippen LogP) is 1.99. The van der Waals surface area contributed by atoms with E-state index in [0.717, 1.165) is 26.0 Å². The minimum Gasteiger partial charge on any atom is -0.382 e. The smallest absolute Gasteiger partial charge is 0.222 e. The van der Waals surface area contributed by atoms with E-state index in [2.05, 4.69) is 15.3 Å². The van der Waals surface area contributed by atoms with Crippen LogP contribution in [0.5, 0.6) is 0 Å². The fourth-order valence-electron chi connectivity index (χ4n) is 1.18. The van der Waals surface area contributed by atoms with Crippen molar-refractivity contribution in [1.82, 2.24) is 9.97 Å². The number of nitrogens with one attached hydrogen (secondary N) is 1. The monoisotopic (exact) mass is 259 g/mol. The van der Waals surface area contributed by atoms with Gasteiger partial charge in [0.1, 0.15) is 0 Å². The van der Waals surface area contributed by atoms with Crippen LogP contribution < -0.4 is 5.32 Å². The summed E-state index contributed by atoms with van der Waals surface area (Å²) in [4.78, 5) is 8.07. The number of anilines is 1. The third-order valence-electron chi connectivity index (χ3n) is 2.05. The molecular weight excluding hydrogens is 242 g/mol. The highest BCUT2D eigenvalue weighted by atomic mass is 35.5. The summed E-state index contributed by atoms with van der Waals surface area (Å²) in [7, 11) is 1.67. The summed E-state index contributed by atoms with van der Waals surface area (Å²) in [5.74, 6) is 0.606. The van der Waals surface area contributed by atoms with Gasteiger partial charge in [0, 0.05) is 20.3 Å². The lowest BCUT2D eigenvalue weighted by molar-refractivity contribution is 0.0691. The molecule has 0 bridgehead atoms. The summed E-state index contributed by atoms with van der Waals surface area (Å²) in [5.41, 5.74) is 0. The zero-order valence-corrected chi connectivity index (χ0v) is 10.7. The Morgan fingerprint density at radius 2 is 1.94 bits per heavy atom. The third kappa shape index (κ3) is 7.10. The lowest BCUT2D eigenvalue weighted by Crippen LogP contribution is -2.07. The van der Waals surface area contributed by atoms with Crippen LogP contribution in [0.4, 0.5) is 5.95 Å². The van der Waals surface area contributed by atoms with Crippen LogP contribution in [0.15, 0.2) is 12.4 Å². The summed E-state index contributed by atoms with van der Waals surface area (Å²) in [6, 6.07) is 0. The van der Waals surface area contributed by atoms with Gasteiger partial charge in [-0.3, -0.25) is 0 Å². The molecule has 0 fully saturated rings. The molecule has 1 N–H and O–H groups in total. The van der Waals surface area contributed by atoms with Gasteiger partial charge in [-0.05, 0) is 12.8 Å². The number of hydrogen-bond donors (Lipinski definition) is 1. The van der Waals surface area contributed by atoms with Gasteiger partial charge in [-0.25, -0.2) is 9.97 Å². The largest absolute Gasteiger partial charge is 0.382 e. The van der Waals surface area contributed by atoms with Gasteiger partial charge >= 0.3 is 0 Å². The molecule has 5 nitrogen and oxygen atoms in total. The lowest BCUT2D eigenvalue weighted by Gasteiger charge is -2.05. The summed E-state index contributed by atoms with van der Waals surface area (Å²) < 4.78 is 10.2. The second-order valence-electron chi connectivity index (χ2n) is 3.46. The van der Waals surface area contributed by atoms with Crippen molar-refractivity contribution in [2.75, 3.05) is 38.8 Å². The van der Waals surface area contributed by atoms with Gasteiger partial charge in [0.05, 0.1) is 30.6 Å². The van der Waals surface area contributed by atoms with Crippen molar-refractivity contribution in [2.24, 2.45) is 0 Å². The van der Waals surface area contributed by atoms with Crippen molar-refractivity contribution in [1.29, 1.82) is 0 Å². The molecule has 0 atom stereocenters. The number of methoxy groups -OCH3 is 1. The summed E-state index contributed by atoms with van der Waals surface area (Å²) in [6.07, 6.45) is 5.17. The van der Waals surface area contributed by atoms with Crippen LogP contribution in [0.2, 0.25) is 5.02 Å². The van der Waals surface area contributed by atoms with Crippen LogP contribution >= 0.6 is 11.6 Å². The minimum absolute atomic E-state index is 0.544. The Morgan fingerprint density at radius 3 is 2.65 bits per heavy atom. The normalized spacial score (nSPS) is 10.5. The Kier molecular flexibility index (Phi) is 7.62. The number of nitrogens with zero attached hydrogens (tertiary/aromatic N) is 2. The maximum Gasteiger partial charge on any atom is 0.222 e. The van der Waals surface area contributed by atoms with E-state index in [1.807, 2.05) is 0 Å². The highest BCUT2D eigenvalue weighted by molar-refractivity contribution is 6.30. The fourth-order valence-corrected chi connectivity index (χ4v) is 1.27. The predicted molar refractivity (Wildman–Crippen MR) is 67.5 cm³/mol. The van der Waals surface area contributed by atoms with E-state index in [-0.39, 0.29) is 0 Å². The molecule has 1 rings (SSSR count). The van der Waals surface area contributed by atoms with Crippen molar-refractivity contribution in [3.05, 3.63) is 17.4 Å². The lowest BCUT2D eigenvalue weighted by atomic mass is 10.3. The first-order valence-corrected chi connectivity index (χ1v) is 5.99. The van der Waals surface area contributed by atoms with Gasteiger partial charge in [0.15, 0.2) is 0 Å². The second-order valence-corrected chi connectivity index (χ2v) is 3.90. The highest BCUT2D eigenvalue weighted by Gasteiger charge is 1.95. The highest BCUT2D eigenvalue weighted by Crippen LogP contribution is 2.05. The van der Waals surface area contributed by atoms with Gasteiger partial charge in [-0.15, -0.1) is 0 Å². The van der Waals surface area contributed by atoms with E-state index in [0.29, 0.717) is 24.2 Å². The third-order valence-corrected chi connectivity index (χ3v) is 2.25. The molecule has 0 radical (unpaired) electrons. The van der Waals surface area contributed by atoms with Crippen molar-refractivity contribution in [3.63, 3.8) is 0 Å². The van der Waals surface area contributed by atoms with Crippen LogP contribution in [-0.2, 0) is 9.47 Å². The molecular formula is C11H18ClN3O2. The van der Waals surface area contributed by atoms with E-state index < -0.39 is 0 Å². The standard InChI is InChI=1S/C11H18ClN3O2/c1-16-6-7-17-5-3-2-4-13-11-14-8-10(12)9-15-11/h8-9H,2-7H2,1H3,(H,13,14,15). The molecule has 1 aromatic rings. The Hall–Kier alpha value is -0.910. The molecule has 6 heteroatoms. The zero-order chi connectivity index (χ0) is 12.3. The average Bonchev–Trinajstić information content (AvgIpc) is 2.35. The van der Waals surface area contributed by atoms with Crippen LogP contribution in [0.1, 0.15) is 12.8 Å². The van der Waals surface area contributed by atoms with Gasteiger partial charge in [0.2, 0.25) is 5.95 Å². The molecule has 17 heavy (non-hydrogen) atoms. The average molecular weight is 260 g/mol. The first-order chi connectivity index (χ1) is 8.33. The number of unbranched alkanes of at least 4 members (excludes halogenated alkanes) is 1. The number of hydrogen-bond acceptors (Lipinski definition) is 5. The van der Waals surface area contributed by atoms with Gasteiger partial charge in [-0.2, -0.15) is 0 Å². The molecule has 96 valence electrons. The number of rotatable bonds is 9. The molecule has 1 heterocycles. The van der Waals surface area contributed by atoms with Crippen LogP contribution in [-0.4, -0.2) is 43.4 Å². The Balaban J connectivity index is 1.95. The van der Waals surface area contributed by atoms with Crippen molar-refractivity contribution in [2.45, 2.75) is 12.8 Å². The van der Waals surface area contributed by atoms with Crippen LogP contribution in [0, 0.1) is 0 Å². The second kappa shape index (κ2) is 9.15. The topological polar surface area (TPSA) is 56.3 Å². The molecule has 0 spiro atoms. The maximum atomic E-state index is 5.68. The van der Waals surface area contributed by atoms with Crippen LogP contribution in [0.25, 0.3) is 0 Å². The number of aromatic nitrogens is 2. The Labute approximate surface area is 107 Å². The molecule has 0 aliphatic rings. The molecule has 0 saturated carbocycles. The van der Waals surface area contributed by atoms with E-state index in [1.54, 1.807) is 19.5 Å². The minimum atomic E-state index is 0.544. The molecule has 0 unspecified atom stereocenters. The molecule has 0 aromatic carbocycles. The van der Waals surface area contributed by atoms with Gasteiger partial charge < -0.3 is 14.8 Å². The molecule has 0 aliphatic carbocycles. The fraction of sp³-hybridized carbons (Fsp3) is 0.636. The van der Waals surface area contributed by atoms with Crippen molar-refractivity contribution >= 4 is 17.5 Å². The first kappa shape index (κ1) is 14.2. The zero-order valence-electron chi connectivity index (χ0n) is 9.99. The van der Waals surface area contributed by atoms with E-state index in [9.17, 15) is 0 Å².